The summed E-state index contributed by atoms with van der Waals surface area (Å²) >= 11 is 0. The summed E-state index contributed by atoms with van der Waals surface area (Å²) in [5.74, 6) is -1.47. The first kappa shape index (κ1) is 20.1. The van der Waals surface area contributed by atoms with E-state index in [1.54, 1.807) is 22.8 Å². The van der Waals surface area contributed by atoms with Crippen LogP contribution in [-0.2, 0) is 20.8 Å². The molecule has 0 radical (unpaired) electrons. The molecular weight excluding hydrogens is 385 g/mol. The van der Waals surface area contributed by atoms with Crippen molar-refractivity contribution in [3.63, 3.8) is 0 Å². The number of hydrogen-bond donors (Lipinski definition) is 1. The van der Waals surface area contributed by atoms with Gasteiger partial charge in [-0.1, -0.05) is 13.0 Å². The van der Waals surface area contributed by atoms with Crippen LogP contribution in [0.2, 0.25) is 0 Å². The van der Waals surface area contributed by atoms with E-state index in [1.165, 1.54) is 12.1 Å². The maximum absolute atomic E-state index is 14.0. The van der Waals surface area contributed by atoms with Crippen LogP contribution in [0.15, 0.2) is 36.4 Å². The van der Waals surface area contributed by atoms with Gasteiger partial charge in [0.25, 0.3) is 0 Å². The van der Waals surface area contributed by atoms with E-state index in [1.807, 2.05) is 25.1 Å². The van der Waals surface area contributed by atoms with Gasteiger partial charge in [0, 0.05) is 37.3 Å². The SMILES string of the molecule is CCC(=O)N1CCc2cc(N3C[C@H](C(=O)Nc4ccc(C)cc4F)CC3=O)ccc21. The van der Waals surface area contributed by atoms with Gasteiger partial charge in [-0.2, -0.15) is 0 Å². The van der Waals surface area contributed by atoms with E-state index in [2.05, 4.69) is 5.32 Å². The van der Waals surface area contributed by atoms with Crippen molar-refractivity contribution in [3.8, 4) is 0 Å². The van der Waals surface area contributed by atoms with Gasteiger partial charge in [0.05, 0.1) is 11.6 Å². The number of hydrogen-bond acceptors (Lipinski definition) is 3. The van der Waals surface area contributed by atoms with Crippen LogP contribution in [0.1, 0.15) is 30.9 Å². The summed E-state index contributed by atoms with van der Waals surface area (Å²) in [6.07, 6.45) is 1.27. The van der Waals surface area contributed by atoms with Crippen LogP contribution in [0.4, 0.5) is 21.5 Å². The molecule has 4 rings (SSSR count). The fourth-order valence-electron chi connectivity index (χ4n) is 4.10. The lowest BCUT2D eigenvalue weighted by Gasteiger charge is -2.20. The lowest BCUT2D eigenvalue weighted by atomic mass is 10.1. The van der Waals surface area contributed by atoms with Gasteiger partial charge in [-0.25, -0.2) is 4.39 Å². The number of nitrogens with one attached hydrogen (secondary N) is 1. The molecule has 6 nitrogen and oxygen atoms in total. The third kappa shape index (κ3) is 3.67. The highest BCUT2D eigenvalue weighted by atomic mass is 19.1. The minimum atomic E-state index is -0.551. The molecule has 0 bridgehead atoms. The van der Waals surface area contributed by atoms with Crippen LogP contribution in [0.5, 0.6) is 0 Å². The fraction of sp³-hybridized carbons (Fsp3) is 0.348. The van der Waals surface area contributed by atoms with Gasteiger partial charge in [-0.3, -0.25) is 14.4 Å². The summed E-state index contributed by atoms with van der Waals surface area (Å²) in [6.45, 7) is 4.50. The fourth-order valence-corrected chi connectivity index (χ4v) is 4.10. The van der Waals surface area contributed by atoms with Crippen molar-refractivity contribution in [1.82, 2.24) is 0 Å². The number of amides is 3. The normalized spacial score (nSPS) is 18.0. The molecule has 1 N–H and O–H groups in total. The highest BCUT2D eigenvalue weighted by Crippen LogP contribution is 2.34. The van der Waals surface area contributed by atoms with E-state index >= 15 is 0 Å². The molecule has 3 amide bonds. The summed E-state index contributed by atoms with van der Waals surface area (Å²) < 4.78 is 14.0. The Morgan fingerprint density at radius 2 is 2.00 bits per heavy atom. The first-order valence-electron chi connectivity index (χ1n) is 10.2. The molecule has 2 aliphatic heterocycles. The van der Waals surface area contributed by atoms with E-state index in [9.17, 15) is 18.8 Å². The Morgan fingerprint density at radius 1 is 1.20 bits per heavy atom. The molecule has 1 atom stereocenters. The van der Waals surface area contributed by atoms with Crippen LogP contribution in [0.3, 0.4) is 0 Å². The molecule has 0 saturated carbocycles. The molecule has 0 unspecified atom stereocenters. The van der Waals surface area contributed by atoms with Crippen LogP contribution < -0.4 is 15.1 Å². The monoisotopic (exact) mass is 409 g/mol. The van der Waals surface area contributed by atoms with Crippen LogP contribution >= 0.6 is 0 Å². The quantitative estimate of drug-likeness (QED) is 0.841. The van der Waals surface area contributed by atoms with Crippen molar-refractivity contribution in [2.75, 3.05) is 28.2 Å². The van der Waals surface area contributed by atoms with E-state index < -0.39 is 11.7 Å². The lowest BCUT2D eigenvalue weighted by molar-refractivity contribution is -0.122. The molecule has 2 aliphatic rings. The average molecular weight is 409 g/mol. The summed E-state index contributed by atoms with van der Waals surface area (Å²) in [4.78, 5) is 40.6. The molecule has 7 heteroatoms. The predicted octanol–water partition coefficient (Wildman–Crippen LogP) is 3.42. The number of carbonyl (C=O) groups excluding carboxylic acids is 3. The molecule has 2 heterocycles. The molecular formula is C23H24FN3O3. The molecule has 0 spiro atoms. The highest BCUT2D eigenvalue weighted by Gasteiger charge is 2.36. The van der Waals surface area contributed by atoms with Crippen molar-refractivity contribution in [3.05, 3.63) is 53.3 Å². The molecule has 156 valence electrons. The smallest absolute Gasteiger partial charge is 0.229 e. The Morgan fingerprint density at radius 3 is 2.73 bits per heavy atom. The van der Waals surface area contributed by atoms with Crippen molar-refractivity contribution in [2.24, 2.45) is 5.92 Å². The minimum Gasteiger partial charge on any atom is -0.323 e. The second-order valence-electron chi connectivity index (χ2n) is 7.84. The Balaban J connectivity index is 1.47. The summed E-state index contributed by atoms with van der Waals surface area (Å²) in [5, 5.41) is 2.60. The van der Waals surface area contributed by atoms with E-state index in [0.717, 1.165) is 28.9 Å². The van der Waals surface area contributed by atoms with Gasteiger partial charge in [-0.05, 0) is 54.8 Å². The number of halogens is 1. The van der Waals surface area contributed by atoms with Crippen LogP contribution in [0.25, 0.3) is 0 Å². The van der Waals surface area contributed by atoms with E-state index in [0.29, 0.717) is 13.0 Å². The minimum absolute atomic E-state index is 0.0802. The maximum Gasteiger partial charge on any atom is 0.229 e. The van der Waals surface area contributed by atoms with E-state index in [-0.39, 0.29) is 36.4 Å². The lowest BCUT2D eigenvalue weighted by Crippen LogP contribution is -2.28. The van der Waals surface area contributed by atoms with Gasteiger partial charge in [-0.15, -0.1) is 0 Å². The first-order valence-corrected chi connectivity index (χ1v) is 10.2. The van der Waals surface area contributed by atoms with Crippen LogP contribution in [-0.4, -0.2) is 30.8 Å². The molecule has 1 fully saturated rings. The first-order chi connectivity index (χ1) is 14.4. The number of rotatable bonds is 4. The van der Waals surface area contributed by atoms with Gasteiger partial charge in [0.1, 0.15) is 5.82 Å². The van der Waals surface area contributed by atoms with Crippen molar-refractivity contribution in [2.45, 2.75) is 33.1 Å². The zero-order valence-corrected chi connectivity index (χ0v) is 17.1. The van der Waals surface area contributed by atoms with Gasteiger partial charge >= 0.3 is 0 Å². The zero-order chi connectivity index (χ0) is 21.4. The molecule has 2 aromatic rings. The second-order valence-corrected chi connectivity index (χ2v) is 7.84. The number of carbonyl (C=O) groups is 3. The van der Waals surface area contributed by atoms with Crippen molar-refractivity contribution >= 4 is 34.8 Å². The Labute approximate surface area is 174 Å². The summed E-state index contributed by atoms with van der Waals surface area (Å²) in [6, 6.07) is 10.2. The largest absolute Gasteiger partial charge is 0.323 e. The van der Waals surface area contributed by atoms with Crippen molar-refractivity contribution in [1.29, 1.82) is 0 Å². The Hall–Kier alpha value is -3.22. The summed E-state index contributed by atoms with van der Waals surface area (Å²) in [7, 11) is 0. The topological polar surface area (TPSA) is 69.7 Å². The zero-order valence-electron chi connectivity index (χ0n) is 17.1. The second kappa shape index (κ2) is 7.89. The number of nitrogens with zero attached hydrogens (tertiary/aromatic N) is 2. The Kier molecular flexibility index (Phi) is 5.28. The number of anilines is 3. The third-order valence-electron chi connectivity index (χ3n) is 5.75. The molecule has 30 heavy (non-hydrogen) atoms. The van der Waals surface area contributed by atoms with Crippen molar-refractivity contribution < 1.29 is 18.8 Å². The number of fused-ring (bicyclic) bond motifs is 1. The molecule has 2 aromatic carbocycles. The third-order valence-corrected chi connectivity index (χ3v) is 5.75. The number of aryl methyl sites for hydroxylation is 1. The molecule has 0 aromatic heterocycles. The number of benzene rings is 2. The van der Waals surface area contributed by atoms with Gasteiger partial charge < -0.3 is 15.1 Å². The summed E-state index contributed by atoms with van der Waals surface area (Å²) in [5.41, 5.74) is 3.53. The highest BCUT2D eigenvalue weighted by molar-refractivity contribution is 6.04. The van der Waals surface area contributed by atoms with E-state index in [4.69, 9.17) is 0 Å². The maximum atomic E-state index is 14.0. The molecule has 1 saturated heterocycles. The van der Waals surface area contributed by atoms with Crippen LogP contribution in [0, 0.1) is 18.7 Å². The van der Waals surface area contributed by atoms with Gasteiger partial charge in [0.15, 0.2) is 0 Å². The average Bonchev–Trinajstić information content (AvgIpc) is 3.32. The standard InChI is InChI=1S/C23H24FN3O3/c1-3-21(28)26-9-8-15-11-17(5-7-20(15)26)27-13-16(12-22(27)29)23(30)25-19-6-4-14(2)10-18(19)24/h4-7,10-11,16H,3,8-9,12-13H2,1-2H3,(H,25,30)/t16-/m1/s1. The Bertz CT molecular complexity index is 1040. The van der Waals surface area contributed by atoms with Gasteiger partial charge in [0.2, 0.25) is 17.7 Å². The predicted molar refractivity (Wildman–Crippen MR) is 113 cm³/mol. The molecule has 0 aliphatic carbocycles.